The maximum Gasteiger partial charge on any atom is 0.240 e. The van der Waals surface area contributed by atoms with Gasteiger partial charge in [0.1, 0.15) is 0 Å². The molecular weight excluding hydrogens is 314 g/mol. The lowest BCUT2D eigenvalue weighted by molar-refractivity contribution is -0.121. The fourth-order valence-corrected chi connectivity index (χ4v) is 3.19. The van der Waals surface area contributed by atoms with Crippen LogP contribution in [-0.2, 0) is 14.8 Å². The van der Waals surface area contributed by atoms with Gasteiger partial charge in [-0.05, 0) is 18.2 Å². The van der Waals surface area contributed by atoms with Crippen molar-refractivity contribution in [2.24, 2.45) is 5.92 Å². The monoisotopic (exact) mass is 331 g/mol. The SMILES string of the molecule is O=C(CCNS(=O)(=O)c1cccc(Cl)c1)NCC1CNC1. The average molecular weight is 332 g/mol. The van der Waals surface area contributed by atoms with Crippen molar-refractivity contribution < 1.29 is 13.2 Å². The van der Waals surface area contributed by atoms with Crippen LogP contribution in [0.15, 0.2) is 29.2 Å². The predicted molar refractivity (Wildman–Crippen MR) is 80.6 cm³/mol. The van der Waals surface area contributed by atoms with Gasteiger partial charge < -0.3 is 10.6 Å². The van der Waals surface area contributed by atoms with E-state index in [0.717, 1.165) is 13.1 Å². The minimum atomic E-state index is -3.63. The molecule has 2 rings (SSSR count). The van der Waals surface area contributed by atoms with Crippen molar-refractivity contribution in [3.8, 4) is 0 Å². The van der Waals surface area contributed by atoms with Crippen molar-refractivity contribution in [1.82, 2.24) is 15.4 Å². The van der Waals surface area contributed by atoms with E-state index >= 15 is 0 Å². The van der Waals surface area contributed by atoms with E-state index in [2.05, 4.69) is 15.4 Å². The molecular formula is C13H18ClN3O3S. The Morgan fingerprint density at radius 2 is 2.14 bits per heavy atom. The summed E-state index contributed by atoms with van der Waals surface area (Å²) >= 11 is 5.76. The van der Waals surface area contributed by atoms with Gasteiger partial charge in [0.2, 0.25) is 15.9 Å². The molecule has 1 aromatic rings. The first-order valence-electron chi connectivity index (χ1n) is 6.70. The van der Waals surface area contributed by atoms with Crippen molar-refractivity contribution in [3.63, 3.8) is 0 Å². The Morgan fingerprint density at radius 3 is 2.76 bits per heavy atom. The maximum atomic E-state index is 12.0. The van der Waals surface area contributed by atoms with Gasteiger partial charge in [-0.15, -0.1) is 0 Å². The Labute approximate surface area is 129 Å². The number of rotatable bonds is 7. The largest absolute Gasteiger partial charge is 0.356 e. The molecule has 0 bridgehead atoms. The number of nitrogens with one attached hydrogen (secondary N) is 3. The summed E-state index contributed by atoms with van der Waals surface area (Å²) in [5.74, 6) is 0.327. The van der Waals surface area contributed by atoms with Crippen LogP contribution >= 0.6 is 11.6 Å². The number of amides is 1. The molecule has 0 saturated carbocycles. The number of hydrogen-bond donors (Lipinski definition) is 3. The van der Waals surface area contributed by atoms with Gasteiger partial charge in [-0.2, -0.15) is 0 Å². The van der Waals surface area contributed by atoms with Crippen LogP contribution in [0.1, 0.15) is 6.42 Å². The minimum absolute atomic E-state index is 0.0591. The molecule has 1 saturated heterocycles. The zero-order valence-electron chi connectivity index (χ0n) is 11.4. The lowest BCUT2D eigenvalue weighted by Gasteiger charge is -2.27. The zero-order chi connectivity index (χ0) is 15.3. The summed E-state index contributed by atoms with van der Waals surface area (Å²) in [6.45, 7) is 2.53. The second-order valence-corrected chi connectivity index (χ2v) is 7.14. The van der Waals surface area contributed by atoms with E-state index in [0.29, 0.717) is 17.5 Å². The van der Waals surface area contributed by atoms with Crippen molar-refractivity contribution >= 4 is 27.5 Å². The number of benzene rings is 1. The van der Waals surface area contributed by atoms with E-state index in [-0.39, 0.29) is 23.8 Å². The molecule has 0 radical (unpaired) electrons. The molecule has 1 fully saturated rings. The molecule has 116 valence electrons. The minimum Gasteiger partial charge on any atom is -0.356 e. The Bertz CT molecular complexity index is 602. The first-order valence-corrected chi connectivity index (χ1v) is 8.56. The number of carbonyl (C=O) groups is 1. The van der Waals surface area contributed by atoms with Gasteiger partial charge in [0, 0.05) is 43.5 Å². The van der Waals surface area contributed by atoms with Gasteiger partial charge in [-0.1, -0.05) is 17.7 Å². The average Bonchev–Trinajstić information content (AvgIpc) is 2.36. The van der Waals surface area contributed by atoms with Crippen LogP contribution in [0.25, 0.3) is 0 Å². The summed E-state index contributed by atoms with van der Waals surface area (Å²) in [7, 11) is -3.63. The zero-order valence-corrected chi connectivity index (χ0v) is 13.0. The van der Waals surface area contributed by atoms with Gasteiger partial charge in [-0.3, -0.25) is 4.79 Å². The molecule has 0 aromatic heterocycles. The first kappa shape index (κ1) is 16.2. The van der Waals surface area contributed by atoms with Crippen molar-refractivity contribution in [2.75, 3.05) is 26.2 Å². The highest BCUT2D eigenvalue weighted by molar-refractivity contribution is 7.89. The van der Waals surface area contributed by atoms with Crippen molar-refractivity contribution in [3.05, 3.63) is 29.3 Å². The Morgan fingerprint density at radius 1 is 1.38 bits per heavy atom. The normalized spacial score (nSPS) is 15.5. The molecule has 1 amide bonds. The van der Waals surface area contributed by atoms with Gasteiger partial charge in [0.15, 0.2) is 0 Å². The Kier molecular flexibility index (Phi) is 5.58. The van der Waals surface area contributed by atoms with E-state index in [4.69, 9.17) is 11.6 Å². The molecule has 1 aliphatic heterocycles. The van der Waals surface area contributed by atoms with Gasteiger partial charge in [-0.25, -0.2) is 13.1 Å². The second-order valence-electron chi connectivity index (χ2n) is 4.93. The Hall–Kier alpha value is -1.15. The highest BCUT2D eigenvalue weighted by Gasteiger charge is 2.18. The van der Waals surface area contributed by atoms with E-state index in [1.165, 1.54) is 12.1 Å². The third-order valence-corrected chi connectivity index (χ3v) is 4.90. The topological polar surface area (TPSA) is 87.3 Å². The van der Waals surface area contributed by atoms with Crippen molar-refractivity contribution in [1.29, 1.82) is 0 Å². The van der Waals surface area contributed by atoms with E-state index in [1.807, 2.05) is 0 Å². The smallest absolute Gasteiger partial charge is 0.240 e. The summed E-state index contributed by atoms with van der Waals surface area (Å²) in [6, 6.07) is 5.99. The van der Waals surface area contributed by atoms with Gasteiger partial charge in [0.05, 0.1) is 4.90 Å². The molecule has 1 aromatic carbocycles. The summed E-state index contributed by atoms with van der Waals surface area (Å²) < 4.78 is 26.3. The molecule has 0 aliphatic carbocycles. The molecule has 1 aliphatic rings. The summed E-state index contributed by atoms with van der Waals surface area (Å²) in [4.78, 5) is 11.7. The molecule has 21 heavy (non-hydrogen) atoms. The predicted octanol–water partition coefficient (Wildman–Crippen LogP) is 0.344. The molecule has 6 nitrogen and oxygen atoms in total. The number of carbonyl (C=O) groups excluding carboxylic acids is 1. The number of sulfonamides is 1. The molecule has 3 N–H and O–H groups in total. The van der Waals surface area contributed by atoms with Crippen LogP contribution in [0.2, 0.25) is 5.02 Å². The van der Waals surface area contributed by atoms with Crippen LogP contribution in [0.4, 0.5) is 0 Å². The van der Waals surface area contributed by atoms with Gasteiger partial charge >= 0.3 is 0 Å². The van der Waals surface area contributed by atoms with Crippen molar-refractivity contribution in [2.45, 2.75) is 11.3 Å². The Balaban J connectivity index is 1.75. The molecule has 0 atom stereocenters. The van der Waals surface area contributed by atoms with Gasteiger partial charge in [0.25, 0.3) is 0 Å². The van der Waals surface area contributed by atoms with E-state index in [1.54, 1.807) is 12.1 Å². The quantitative estimate of drug-likeness (QED) is 0.672. The van der Waals surface area contributed by atoms with E-state index in [9.17, 15) is 13.2 Å². The lowest BCUT2D eigenvalue weighted by atomic mass is 10.0. The standard InChI is InChI=1S/C13H18ClN3O3S/c14-11-2-1-3-12(6-11)21(19,20)17-5-4-13(18)16-9-10-7-15-8-10/h1-3,6,10,15,17H,4-5,7-9H2,(H,16,18). The summed E-state index contributed by atoms with van der Waals surface area (Å²) in [6.07, 6.45) is 0.111. The third-order valence-electron chi connectivity index (χ3n) is 3.20. The van der Waals surface area contributed by atoms with Crippen LogP contribution in [0.3, 0.4) is 0 Å². The van der Waals surface area contributed by atoms with Crippen LogP contribution in [0, 0.1) is 5.92 Å². The maximum absolute atomic E-state index is 12.0. The third kappa shape index (κ3) is 4.96. The van der Waals surface area contributed by atoms with Crippen LogP contribution in [0.5, 0.6) is 0 Å². The highest BCUT2D eigenvalue weighted by Crippen LogP contribution is 2.14. The first-order chi connectivity index (χ1) is 9.97. The lowest BCUT2D eigenvalue weighted by Crippen LogP contribution is -2.48. The van der Waals surface area contributed by atoms with Crippen LogP contribution < -0.4 is 15.4 Å². The highest BCUT2D eigenvalue weighted by atomic mass is 35.5. The molecule has 0 spiro atoms. The van der Waals surface area contributed by atoms with Crippen LogP contribution in [-0.4, -0.2) is 40.5 Å². The summed E-state index contributed by atoms with van der Waals surface area (Å²) in [5, 5.41) is 6.25. The second kappa shape index (κ2) is 7.22. The molecule has 1 heterocycles. The fourth-order valence-electron chi connectivity index (χ4n) is 1.86. The molecule has 0 unspecified atom stereocenters. The molecule has 8 heteroatoms. The number of halogens is 1. The van der Waals surface area contributed by atoms with E-state index < -0.39 is 10.0 Å². The fraction of sp³-hybridized carbons (Fsp3) is 0.462. The number of hydrogen-bond acceptors (Lipinski definition) is 4. The summed E-state index contributed by atoms with van der Waals surface area (Å²) in [5.41, 5.74) is 0.